The number of nitrogens with zero attached hydrogens (tertiary/aromatic N) is 1. The minimum absolute atomic E-state index is 0. The third kappa shape index (κ3) is 4.88. The minimum atomic E-state index is 0. The van der Waals surface area contributed by atoms with E-state index in [0.717, 1.165) is 39.0 Å². The van der Waals surface area contributed by atoms with Crippen molar-refractivity contribution in [3.63, 3.8) is 0 Å². The highest BCUT2D eigenvalue weighted by atomic mass is 35.5. The molecule has 2 fully saturated rings. The van der Waals surface area contributed by atoms with Crippen molar-refractivity contribution in [1.29, 1.82) is 0 Å². The first-order chi connectivity index (χ1) is 9.20. The van der Waals surface area contributed by atoms with Gasteiger partial charge in [-0.05, 0) is 25.2 Å². The standard InChI is InChI=1S/C14H26N2O3.ClH/c1-11-2-4-16(13(6-11)7-15)14(17)10-19-9-12-3-5-18-8-12;/h11-13H,2-10,15H2,1H3;1H. The number of hydrogen-bond acceptors (Lipinski definition) is 4. The second kappa shape index (κ2) is 8.82. The summed E-state index contributed by atoms with van der Waals surface area (Å²) in [5.41, 5.74) is 5.77. The number of carbonyl (C=O) groups excluding carboxylic acids is 1. The topological polar surface area (TPSA) is 64.8 Å². The molecule has 0 radical (unpaired) electrons. The van der Waals surface area contributed by atoms with Gasteiger partial charge in [-0.25, -0.2) is 0 Å². The highest BCUT2D eigenvalue weighted by molar-refractivity contribution is 5.85. The number of rotatable bonds is 5. The van der Waals surface area contributed by atoms with Crippen LogP contribution in [0.25, 0.3) is 0 Å². The molecule has 2 heterocycles. The van der Waals surface area contributed by atoms with E-state index in [4.69, 9.17) is 15.2 Å². The first kappa shape index (κ1) is 17.7. The average Bonchev–Trinajstić information content (AvgIpc) is 2.91. The van der Waals surface area contributed by atoms with Gasteiger partial charge in [0.25, 0.3) is 0 Å². The van der Waals surface area contributed by atoms with Gasteiger partial charge in [0, 0.05) is 31.7 Å². The number of amides is 1. The molecule has 0 aromatic heterocycles. The fraction of sp³-hybridized carbons (Fsp3) is 0.929. The van der Waals surface area contributed by atoms with E-state index in [1.54, 1.807) is 0 Å². The molecular formula is C14H27ClN2O3. The van der Waals surface area contributed by atoms with Crippen LogP contribution in [0.1, 0.15) is 26.2 Å². The maximum atomic E-state index is 12.2. The number of carbonyl (C=O) groups is 1. The fourth-order valence-electron chi connectivity index (χ4n) is 2.91. The van der Waals surface area contributed by atoms with Gasteiger partial charge in [0.2, 0.25) is 5.91 Å². The molecule has 3 atom stereocenters. The number of nitrogens with two attached hydrogens (primary N) is 1. The molecule has 2 saturated heterocycles. The quantitative estimate of drug-likeness (QED) is 0.824. The molecular weight excluding hydrogens is 280 g/mol. The van der Waals surface area contributed by atoms with Gasteiger partial charge in [0.05, 0.1) is 13.2 Å². The number of ether oxygens (including phenoxy) is 2. The highest BCUT2D eigenvalue weighted by Crippen LogP contribution is 2.22. The Morgan fingerprint density at radius 2 is 2.25 bits per heavy atom. The van der Waals surface area contributed by atoms with E-state index in [1.807, 2.05) is 4.90 Å². The lowest BCUT2D eigenvalue weighted by atomic mass is 9.92. The average molecular weight is 307 g/mol. The van der Waals surface area contributed by atoms with Crippen LogP contribution in [0.4, 0.5) is 0 Å². The first-order valence-electron chi connectivity index (χ1n) is 7.35. The van der Waals surface area contributed by atoms with Crippen molar-refractivity contribution >= 4 is 18.3 Å². The Morgan fingerprint density at radius 3 is 2.90 bits per heavy atom. The van der Waals surface area contributed by atoms with Crippen molar-refractivity contribution < 1.29 is 14.3 Å². The Morgan fingerprint density at radius 1 is 1.45 bits per heavy atom. The van der Waals surface area contributed by atoms with Crippen molar-refractivity contribution in [2.45, 2.75) is 32.2 Å². The zero-order chi connectivity index (χ0) is 13.7. The van der Waals surface area contributed by atoms with Gasteiger partial charge in [-0.2, -0.15) is 0 Å². The van der Waals surface area contributed by atoms with E-state index in [2.05, 4.69) is 6.92 Å². The zero-order valence-electron chi connectivity index (χ0n) is 12.3. The maximum absolute atomic E-state index is 12.2. The summed E-state index contributed by atoms with van der Waals surface area (Å²) in [6.45, 7) is 5.98. The van der Waals surface area contributed by atoms with Gasteiger partial charge in [-0.1, -0.05) is 6.92 Å². The molecule has 2 N–H and O–H groups in total. The zero-order valence-corrected chi connectivity index (χ0v) is 13.1. The molecule has 2 aliphatic heterocycles. The third-order valence-electron chi connectivity index (χ3n) is 4.17. The Hall–Kier alpha value is -0.360. The van der Waals surface area contributed by atoms with Gasteiger partial charge < -0.3 is 20.1 Å². The van der Waals surface area contributed by atoms with Crippen molar-refractivity contribution in [1.82, 2.24) is 4.90 Å². The highest BCUT2D eigenvalue weighted by Gasteiger charge is 2.29. The molecule has 1 amide bonds. The molecule has 2 rings (SSSR count). The molecule has 2 aliphatic rings. The van der Waals surface area contributed by atoms with Crippen LogP contribution in [0.2, 0.25) is 0 Å². The summed E-state index contributed by atoms with van der Waals surface area (Å²) in [4.78, 5) is 14.1. The van der Waals surface area contributed by atoms with Crippen LogP contribution in [-0.4, -0.2) is 56.4 Å². The smallest absolute Gasteiger partial charge is 0.248 e. The van der Waals surface area contributed by atoms with Crippen LogP contribution in [0.3, 0.4) is 0 Å². The van der Waals surface area contributed by atoms with Crippen LogP contribution >= 0.6 is 12.4 Å². The summed E-state index contributed by atoms with van der Waals surface area (Å²) in [7, 11) is 0. The van der Waals surface area contributed by atoms with Crippen molar-refractivity contribution in [3.05, 3.63) is 0 Å². The molecule has 0 saturated carbocycles. The summed E-state index contributed by atoms with van der Waals surface area (Å²) in [5.74, 6) is 1.20. The van der Waals surface area contributed by atoms with Crippen LogP contribution in [-0.2, 0) is 14.3 Å². The predicted molar refractivity (Wildman–Crippen MR) is 79.9 cm³/mol. The molecule has 0 aliphatic carbocycles. The van der Waals surface area contributed by atoms with E-state index < -0.39 is 0 Å². The molecule has 20 heavy (non-hydrogen) atoms. The minimum Gasteiger partial charge on any atom is -0.381 e. The Bertz CT molecular complexity index is 298. The van der Waals surface area contributed by atoms with Crippen LogP contribution in [0.15, 0.2) is 0 Å². The van der Waals surface area contributed by atoms with E-state index >= 15 is 0 Å². The molecule has 0 aromatic carbocycles. The van der Waals surface area contributed by atoms with E-state index in [1.165, 1.54) is 0 Å². The summed E-state index contributed by atoms with van der Waals surface area (Å²) in [6.07, 6.45) is 3.12. The number of likely N-dealkylation sites (tertiary alicyclic amines) is 1. The maximum Gasteiger partial charge on any atom is 0.248 e. The Balaban J connectivity index is 0.00000200. The molecule has 6 heteroatoms. The summed E-state index contributed by atoms with van der Waals surface area (Å²) in [6, 6.07) is 0.190. The van der Waals surface area contributed by atoms with Gasteiger partial charge in [0.1, 0.15) is 6.61 Å². The van der Waals surface area contributed by atoms with Crippen LogP contribution in [0, 0.1) is 11.8 Å². The first-order valence-corrected chi connectivity index (χ1v) is 7.35. The molecule has 0 spiro atoms. The van der Waals surface area contributed by atoms with E-state index in [-0.39, 0.29) is 31.0 Å². The molecule has 3 unspecified atom stereocenters. The lowest BCUT2D eigenvalue weighted by molar-refractivity contribution is -0.140. The number of hydrogen-bond donors (Lipinski definition) is 1. The predicted octanol–water partition coefficient (Wildman–Crippen LogP) is 1.05. The number of halogens is 1. The molecule has 0 bridgehead atoms. The molecule has 0 aromatic rings. The number of piperidine rings is 1. The SMILES string of the molecule is CC1CCN(C(=O)COCC2CCOC2)C(CN)C1.Cl. The second-order valence-corrected chi connectivity index (χ2v) is 5.85. The largest absolute Gasteiger partial charge is 0.381 e. The normalized spacial score (nSPS) is 30.1. The van der Waals surface area contributed by atoms with Gasteiger partial charge >= 0.3 is 0 Å². The van der Waals surface area contributed by atoms with Crippen molar-refractivity contribution in [2.75, 3.05) is 39.5 Å². The van der Waals surface area contributed by atoms with Gasteiger partial charge in [0.15, 0.2) is 0 Å². The second-order valence-electron chi connectivity index (χ2n) is 5.85. The van der Waals surface area contributed by atoms with Crippen molar-refractivity contribution in [3.8, 4) is 0 Å². The Kier molecular flexibility index (Phi) is 7.80. The van der Waals surface area contributed by atoms with Crippen LogP contribution < -0.4 is 5.73 Å². The van der Waals surface area contributed by atoms with Gasteiger partial charge in [-0.3, -0.25) is 4.79 Å². The van der Waals surface area contributed by atoms with Gasteiger partial charge in [-0.15, -0.1) is 12.4 Å². The fourth-order valence-corrected chi connectivity index (χ4v) is 2.91. The molecule has 118 valence electrons. The molecule has 5 nitrogen and oxygen atoms in total. The summed E-state index contributed by atoms with van der Waals surface area (Å²) < 4.78 is 10.8. The van der Waals surface area contributed by atoms with E-state index in [0.29, 0.717) is 25.0 Å². The third-order valence-corrected chi connectivity index (χ3v) is 4.17. The van der Waals surface area contributed by atoms with E-state index in [9.17, 15) is 4.79 Å². The lowest BCUT2D eigenvalue weighted by Crippen LogP contribution is -2.50. The van der Waals surface area contributed by atoms with Crippen molar-refractivity contribution in [2.24, 2.45) is 17.6 Å². The monoisotopic (exact) mass is 306 g/mol. The Labute approximate surface area is 127 Å². The lowest BCUT2D eigenvalue weighted by Gasteiger charge is -2.38. The van der Waals surface area contributed by atoms with Crippen LogP contribution in [0.5, 0.6) is 0 Å². The summed E-state index contributed by atoms with van der Waals surface area (Å²) in [5, 5.41) is 0. The summed E-state index contributed by atoms with van der Waals surface area (Å²) >= 11 is 0.